The van der Waals surface area contributed by atoms with E-state index >= 15 is 0 Å². The summed E-state index contributed by atoms with van der Waals surface area (Å²) in [5.41, 5.74) is 1.99. The Bertz CT molecular complexity index is 683. The topological polar surface area (TPSA) is 41.6 Å². The first-order chi connectivity index (χ1) is 12.7. The average molecular weight is 373 g/mol. The smallest absolute Gasteiger partial charge is 0.238 e. The van der Waals surface area contributed by atoms with Gasteiger partial charge in [0.2, 0.25) is 5.91 Å². The minimum absolute atomic E-state index is 0.0497. The Kier molecular flexibility index (Phi) is 7.06. The highest BCUT2D eigenvalue weighted by Crippen LogP contribution is 2.18. The molecule has 2 aromatic rings. The number of piperidine rings is 1. The molecule has 5 heteroatoms. The van der Waals surface area contributed by atoms with Crippen molar-refractivity contribution >= 4 is 23.2 Å². The number of amides is 1. The maximum Gasteiger partial charge on any atom is 0.238 e. The number of para-hydroxylation sites is 1. The van der Waals surface area contributed by atoms with Crippen LogP contribution in [0.1, 0.15) is 18.4 Å². The third-order valence-electron chi connectivity index (χ3n) is 4.67. The molecule has 1 aliphatic rings. The van der Waals surface area contributed by atoms with Gasteiger partial charge >= 0.3 is 0 Å². The van der Waals surface area contributed by atoms with Crippen LogP contribution < -0.4 is 5.32 Å². The summed E-state index contributed by atoms with van der Waals surface area (Å²) in [5.74, 6) is 0.615. The van der Waals surface area contributed by atoms with E-state index in [1.165, 1.54) is 0 Å². The van der Waals surface area contributed by atoms with Crippen molar-refractivity contribution in [2.45, 2.75) is 19.4 Å². The van der Waals surface area contributed by atoms with Gasteiger partial charge in [0.05, 0.1) is 13.2 Å². The minimum atomic E-state index is 0.0497. The van der Waals surface area contributed by atoms with E-state index in [4.69, 9.17) is 16.3 Å². The van der Waals surface area contributed by atoms with E-state index in [-0.39, 0.29) is 5.91 Å². The molecular formula is C21H25ClN2O2. The molecule has 1 fully saturated rings. The zero-order valence-electron chi connectivity index (χ0n) is 14.9. The van der Waals surface area contributed by atoms with E-state index in [9.17, 15) is 4.79 Å². The standard InChI is InChI=1S/C21H25ClN2O2/c22-19-8-6-17(7-9-19)15-26-16-18-10-12-24(13-11-18)14-21(25)23-20-4-2-1-3-5-20/h1-9,18H,10-16H2,(H,23,25). The van der Waals surface area contributed by atoms with Crippen molar-refractivity contribution in [3.63, 3.8) is 0 Å². The molecule has 0 aliphatic carbocycles. The van der Waals surface area contributed by atoms with Crippen molar-refractivity contribution in [2.75, 3.05) is 31.6 Å². The maximum atomic E-state index is 12.1. The number of halogens is 1. The molecule has 1 amide bonds. The summed E-state index contributed by atoms with van der Waals surface area (Å²) < 4.78 is 5.85. The quantitative estimate of drug-likeness (QED) is 0.791. The highest BCUT2D eigenvalue weighted by atomic mass is 35.5. The van der Waals surface area contributed by atoms with Crippen LogP contribution >= 0.6 is 11.6 Å². The van der Waals surface area contributed by atoms with E-state index in [2.05, 4.69) is 10.2 Å². The molecule has 1 N–H and O–H groups in total. The second-order valence-electron chi connectivity index (χ2n) is 6.78. The number of rotatable bonds is 7. The molecule has 0 aromatic heterocycles. The van der Waals surface area contributed by atoms with Crippen LogP contribution in [-0.2, 0) is 16.1 Å². The highest BCUT2D eigenvalue weighted by Gasteiger charge is 2.21. The summed E-state index contributed by atoms with van der Waals surface area (Å²) in [5, 5.41) is 3.69. The molecule has 3 rings (SSSR count). The lowest BCUT2D eigenvalue weighted by Crippen LogP contribution is -2.40. The van der Waals surface area contributed by atoms with Crippen LogP contribution in [0, 0.1) is 5.92 Å². The number of ether oxygens (including phenoxy) is 1. The molecular weight excluding hydrogens is 348 g/mol. The molecule has 0 unspecified atom stereocenters. The van der Waals surface area contributed by atoms with Crippen molar-refractivity contribution in [1.82, 2.24) is 4.90 Å². The van der Waals surface area contributed by atoms with Gasteiger partial charge in [-0.05, 0) is 61.7 Å². The van der Waals surface area contributed by atoms with Crippen molar-refractivity contribution in [1.29, 1.82) is 0 Å². The molecule has 0 spiro atoms. The summed E-state index contributed by atoms with van der Waals surface area (Å²) in [4.78, 5) is 14.3. The minimum Gasteiger partial charge on any atom is -0.376 e. The zero-order chi connectivity index (χ0) is 18.2. The molecule has 138 valence electrons. The van der Waals surface area contributed by atoms with Gasteiger partial charge < -0.3 is 10.1 Å². The molecule has 1 heterocycles. The van der Waals surface area contributed by atoms with Gasteiger partial charge in [-0.15, -0.1) is 0 Å². The second kappa shape index (κ2) is 9.72. The molecule has 26 heavy (non-hydrogen) atoms. The fourth-order valence-electron chi connectivity index (χ4n) is 3.16. The second-order valence-corrected chi connectivity index (χ2v) is 7.21. The Labute approximate surface area is 160 Å². The lowest BCUT2D eigenvalue weighted by molar-refractivity contribution is -0.117. The predicted octanol–water partition coefficient (Wildman–Crippen LogP) is 4.21. The van der Waals surface area contributed by atoms with Gasteiger partial charge in [-0.25, -0.2) is 0 Å². The van der Waals surface area contributed by atoms with E-state index < -0.39 is 0 Å². The van der Waals surface area contributed by atoms with Crippen molar-refractivity contribution < 1.29 is 9.53 Å². The molecule has 2 aromatic carbocycles. The number of carbonyl (C=O) groups excluding carboxylic acids is 1. The number of nitrogens with zero attached hydrogens (tertiary/aromatic N) is 1. The van der Waals surface area contributed by atoms with E-state index in [0.29, 0.717) is 19.1 Å². The number of carbonyl (C=O) groups is 1. The van der Waals surface area contributed by atoms with E-state index in [0.717, 1.165) is 48.8 Å². The monoisotopic (exact) mass is 372 g/mol. The molecule has 4 nitrogen and oxygen atoms in total. The molecule has 0 atom stereocenters. The van der Waals surface area contributed by atoms with E-state index in [1.54, 1.807) is 0 Å². The first kappa shape index (κ1) is 18.9. The van der Waals surface area contributed by atoms with Gasteiger partial charge in [0.25, 0.3) is 0 Å². The Morgan fingerprint density at radius 1 is 1.08 bits per heavy atom. The Balaban J connectivity index is 1.32. The summed E-state index contributed by atoms with van der Waals surface area (Å²) in [6.07, 6.45) is 2.14. The fraction of sp³-hybridized carbons (Fsp3) is 0.381. The van der Waals surface area contributed by atoms with Crippen LogP contribution in [0.3, 0.4) is 0 Å². The molecule has 0 saturated carbocycles. The first-order valence-corrected chi connectivity index (χ1v) is 9.46. The van der Waals surface area contributed by atoms with Gasteiger partial charge in [-0.3, -0.25) is 9.69 Å². The van der Waals surface area contributed by atoms with Gasteiger partial charge in [0, 0.05) is 17.3 Å². The number of likely N-dealkylation sites (tertiary alicyclic amines) is 1. The number of nitrogens with one attached hydrogen (secondary N) is 1. The van der Waals surface area contributed by atoms with Crippen molar-refractivity contribution in [2.24, 2.45) is 5.92 Å². The van der Waals surface area contributed by atoms with Crippen LogP contribution in [-0.4, -0.2) is 37.0 Å². The summed E-state index contributed by atoms with van der Waals surface area (Å²) >= 11 is 5.89. The largest absolute Gasteiger partial charge is 0.376 e. The average Bonchev–Trinajstić information content (AvgIpc) is 2.65. The van der Waals surface area contributed by atoms with Crippen LogP contribution in [0.2, 0.25) is 5.02 Å². The number of anilines is 1. The SMILES string of the molecule is O=C(CN1CCC(COCc2ccc(Cl)cc2)CC1)Nc1ccccc1. The van der Waals surface area contributed by atoms with Crippen LogP contribution in [0.5, 0.6) is 0 Å². The van der Waals surface area contributed by atoms with Gasteiger partial charge in [0.15, 0.2) is 0 Å². The number of hydrogen-bond acceptors (Lipinski definition) is 3. The lowest BCUT2D eigenvalue weighted by atomic mass is 9.98. The van der Waals surface area contributed by atoms with Gasteiger partial charge in [0.1, 0.15) is 0 Å². The van der Waals surface area contributed by atoms with Crippen molar-refractivity contribution in [3.8, 4) is 0 Å². The van der Waals surface area contributed by atoms with Crippen LogP contribution in [0.4, 0.5) is 5.69 Å². The zero-order valence-corrected chi connectivity index (χ0v) is 15.6. The Morgan fingerprint density at radius 3 is 2.46 bits per heavy atom. The van der Waals surface area contributed by atoms with Crippen LogP contribution in [0.25, 0.3) is 0 Å². The number of hydrogen-bond donors (Lipinski definition) is 1. The van der Waals surface area contributed by atoms with Gasteiger partial charge in [-0.1, -0.05) is 41.9 Å². The summed E-state index contributed by atoms with van der Waals surface area (Å²) in [6, 6.07) is 17.4. The molecule has 0 bridgehead atoms. The van der Waals surface area contributed by atoms with Gasteiger partial charge in [-0.2, -0.15) is 0 Å². The Hall–Kier alpha value is -1.88. The maximum absolute atomic E-state index is 12.1. The summed E-state index contributed by atoms with van der Waals surface area (Å²) in [6.45, 7) is 3.73. The summed E-state index contributed by atoms with van der Waals surface area (Å²) in [7, 11) is 0. The van der Waals surface area contributed by atoms with E-state index in [1.807, 2.05) is 54.6 Å². The lowest BCUT2D eigenvalue weighted by Gasteiger charge is -2.31. The van der Waals surface area contributed by atoms with Crippen molar-refractivity contribution in [3.05, 3.63) is 65.2 Å². The third-order valence-corrected chi connectivity index (χ3v) is 4.92. The Morgan fingerprint density at radius 2 is 1.77 bits per heavy atom. The number of benzene rings is 2. The third kappa shape index (κ3) is 6.13. The predicted molar refractivity (Wildman–Crippen MR) is 105 cm³/mol. The first-order valence-electron chi connectivity index (χ1n) is 9.08. The highest BCUT2D eigenvalue weighted by molar-refractivity contribution is 6.30. The molecule has 0 radical (unpaired) electrons. The molecule has 1 saturated heterocycles. The molecule has 1 aliphatic heterocycles. The normalized spacial score (nSPS) is 15.7. The fourth-order valence-corrected chi connectivity index (χ4v) is 3.29. The van der Waals surface area contributed by atoms with Crippen LogP contribution in [0.15, 0.2) is 54.6 Å².